The number of aliphatic hydroxyl groups is 1. The molecule has 112 valence electrons. The Kier molecular flexibility index (Phi) is 5.61. The van der Waals surface area contributed by atoms with Crippen molar-refractivity contribution in [3.63, 3.8) is 0 Å². The summed E-state index contributed by atoms with van der Waals surface area (Å²) < 4.78 is 7.44. The maximum absolute atomic E-state index is 10.2. The van der Waals surface area contributed by atoms with Crippen molar-refractivity contribution in [2.75, 3.05) is 27.2 Å². The second kappa shape index (κ2) is 7.24. The third kappa shape index (κ3) is 4.98. The van der Waals surface area contributed by atoms with Gasteiger partial charge in [-0.3, -0.25) is 4.48 Å². The van der Waals surface area contributed by atoms with E-state index in [0.29, 0.717) is 17.6 Å². The average molecular weight is 398 g/mol. The third-order valence-corrected chi connectivity index (χ3v) is 4.10. The summed E-state index contributed by atoms with van der Waals surface area (Å²) in [5.41, 5.74) is 1.18. The van der Waals surface area contributed by atoms with Crippen molar-refractivity contribution in [2.24, 2.45) is 0 Å². The summed E-state index contributed by atoms with van der Waals surface area (Å²) in [4.78, 5) is 0. The maximum atomic E-state index is 10.2. The quantitative estimate of drug-likeness (QED) is 0.598. The summed E-state index contributed by atoms with van der Waals surface area (Å²) in [6.07, 6.45) is -0.514. The van der Waals surface area contributed by atoms with Crippen molar-refractivity contribution in [1.29, 1.82) is 0 Å². The number of hydrogen-bond acceptors (Lipinski definition) is 2. The number of ether oxygens (including phenoxy) is 1. The molecule has 0 saturated heterocycles. The number of aliphatic hydroxyl groups excluding tert-OH is 1. The minimum absolute atomic E-state index is 0.302. The van der Waals surface area contributed by atoms with Crippen LogP contribution in [0.4, 0.5) is 5.69 Å². The second-order valence-electron chi connectivity index (χ2n) is 5.62. The largest absolute Gasteiger partial charge is 0.491 e. The lowest BCUT2D eigenvalue weighted by atomic mass is 10.2. The summed E-state index contributed by atoms with van der Waals surface area (Å²) >= 11 is 2.29. The lowest BCUT2D eigenvalue weighted by Crippen LogP contribution is -2.47. The van der Waals surface area contributed by atoms with Gasteiger partial charge in [-0.15, -0.1) is 0 Å². The summed E-state index contributed by atoms with van der Waals surface area (Å²) in [5, 5.41) is 10.2. The minimum atomic E-state index is -0.514. The van der Waals surface area contributed by atoms with Gasteiger partial charge in [0.15, 0.2) is 0 Å². The number of likely N-dealkylation sites (N-methyl/N-ethyl adjacent to an activating group) is 1. The molecule has 3 nitrogen and oxygen atoms in total. The van der Waals surface area contributed by atoms with Crippen LogP contribution in [0, 0.1) is 3.57 Å². The van der Waals surface area contributed by atoms with Crippen molar-refractivity contribution in [3.8, 4) is 5.75 Å². The molecule has 0 amide bonds. The van der Waals surface area contributed by atoms with Crippen LogP contribution < -0.4 is 9.22 Å². The zero-order chi connectivity index (χ0) is 15.3. The molecule has 0 saturated carbocycles. The van der Waals surface area contributed by atoms with E-state index in [2.05, 4.69) is 61.0 Å². The van der Waals surface area contributed by atoms with Crippen LogP contribution in [0.5, 0.6) is 5.75 Å². The van der Waals surface area contributed by atoms with Crippen LogP contribution in [-0.4, -0.2) is 38.5 Å². The molecule has 4 heteroatoms. The molecule has 21 heavy (non-hydrogen) atoms. The Balaban J connectivity index is 1.91. The van der Waals surface area contributed by atoms with Crippen LogP contribution in [0.2, 0.25) is 0 Å². The van der Waals surface area contributed by atoms with Crippen LogP contribution in [0.25, 0.3) is 0 Å². The van der Waals surface area contributed by atoms with E-state index < -0.39 is 6.10 Å². The van der Waals surface area contributed by atoms with Crippen LogP contribution in [-0.2, 0) is 0 Å². The Morgan fingerprint density at radius 1 is 1.05 bits per heavy atom. The molecule has 0 heterocycles. The van der Waals surface area contributed by atoms with Crippen molar-refractivity contribution in [3.05, 3.63) is 58.2 Å². The fourth-order valence-electron chi connectivity index (χ4n) is 2.24. The zero-order valence-corrected chi connectivity index (χ0v) is 14.5. The highest BCUT2D eigenvalue weighted by molar-refractivity contribution is 14.1. The highest BCUT2D eigenvalue weighted by Gasteiger charge is 2.23. The third-order valence-electron chi connectivity index (χ3n) is 3.38. The van der Waals surface area contributed by atoms with E-state index >= 15 is 0 Å². The Hall–Kier alpha value is -1.11. The summed E-state index contributed by atoms with van der Waals surface area (Å²) in [6, 6.07) is 18.0. The van der Waals surface area contributed by atoms with E-state index in [1.165, 1.54) is 9.26 Å². The van der Waals surface area contributed by atoms with Gasteiger partial charge >= 0.3 is 0 Å². The van der Waals surface area contributed by atoms with E-state index in [1.807, 2.05) is 30.3 Å². The maximum Gasteiger partial charge on any atom is 0.137 e. The first-order valence-corrected chi connectivity index (χ1v) is 8.00. The van der Waals surface area contributed by atoms with E-state index in [1.54, 1.807) is 0 Å². The number of halogens is 1. The van der Waals surface area contributed by atoms with E-state index in [9.17, 15) is 5.11 Å². The molecule has 1 atom stereocenters. The normalized spacial score (nSPS) is 13.0. The van der Waals surface area contributed by atoms with Gasteiger partial charge in [-0.25, -0.2) is 0 Å². The Bertz CT molecular complexity index is 555. The van der Waals surface area contributed by atoms with Crippen LogP contribution in [0.15, 0.2) is 54.6 Å². The Labute approximate surface area is 139 Å². The molecule has 1 N–H and O–H groups in total. The summed E-state index contributed by atoms with van der Waals surface area (Å²) in [7, 11) is 4.18. The standard InChI is InChI=1S/C17H21INO2/c1-19(2,15-10-8-14(18)9-11-15)12-16(20)13-21-17-6-4-3-5-7-17/h3-11,16,20H,12-13H2,1-2H3/q+1. The lowest BCUT2D eigenvalue weighted by Gasteiger charge is -2.31. The molecular formula is C17H21INO2+. The Morgan fingerprint density at radius 2 is 1.67 bits per heavy atom. The Morgan fingerprint density at radius 3 is 2.29 bits per heavy atom. The van der Waals surface area contributed by atoms with Gasteiger partial charge in [0.25, 0.3) is 0 Å². The number of para-hydroxylation sites is 1. The second-order valence-corrected chi connectivity index (χ2v) is 6.87. The minimum Gasteiger partial charge on any atom is -0.491 e. The number of quaternary nitrogens is 1. The molecule has 0 bridgehead atoms. The lowest BCUT2D eigenvalue weighted by molar-refractivity contribution is 0.0840. The average Bonchev–Trinajstić information content (AvgIpc) is 2.46. The molecular weight excluding hydrogens is 377 g/mol. The molecule has 0 radical (unpaired) electrons. The highest BCUT2D eigenvalue weighted by Crippen LogP contribution is 2.21. The monoisotopic (exact) mass is 398 g/mol. The first-order chi connectivity index (χ1) is 9.97. The van der Waals surface area contributed by atoms with Gasteiger partial charge in [-0.05, 0) is 46.9 Å². The van der Waals surface area contributed by atoms with Crippen LogP contribution in [0.3, 0.4) is 0 Å². The molecule has 0 spiro atoms. The molecule has 0 aliphatic heterocycles. The van der Waals surface area contributed by atoms with E-state index in [-0.39, 0.29) is 0 Å². The van der Waals surface area contributed by atoms with Gasteiger partial charge in [0.2, 0.25) is 0 Å². The van der Waals surface area contributed by atoms with Crippen LogP contribution in [0.1, 0.15) is 0 Å². The molecule has 2 rings (SSSR count). The summed E-state index contributed by atoms with van der Waals surface area (Å²) in [5.74, 6) is 0.788. The number of benzene rings is 2. The van der Waals surface area contributed by atoms with Crippen molar-refractivity contribution in [1.82, 2.24) is 4.48 Å². The molecule has 0 aliphatic carbocycles. The van der Waals surface area contributed by atoms with Crippen LogP contribution >= 0.6 is 22.6 Å². The first-order valence-electron chi connectivity index (χ1n) is 6.92. The molecule has 0 fully saturated rings. The predicted octanol–water partition coefficient (Wildman–Crippen LogP) is 3.30. The zero-order valence-electron chi connectivity index (χ0n) is 12.4. The van der Waals surface area contributed by atoms with Crippen molar-refractivity contribution >= 4 is 28.3 Å². The van der Waals surface area contributed by atoms with Crippen molar-refractivity contribution in [2.45, 2.75) is 6.10 Å². The summed E-state index contributed by atoms with van der Waals surface area (Å²) in [6.45, 7) is 0.906. The van der Waals surface area contributed by atoms with E-state index in [4.69, 9.17) is 4.74 Å². The smallest absolute Gasteiger partial charge is 0.137 e. The molecule has 0 aromatic heterocycles. The van der Waals surface area contributed by atoms with Gasteiger partial charge in [0, 0.05) is 15.7 Å². The SMILES string of the molecule is C[N+](C)(CC(O)COc1ccccc1)c1ccc(I)cc1. The number of hydrogen-bond donors (Lipinski definition) is 1. The molecule has 0 aliphatic rings. The fourth-order valence-corrected chi connectivity index (χ4v) is 2.60. The van der Waals surface area contributed by atoms with E-state index in [0.717, 1.165) is 5.75 Å². The van der Waals surface area contributed by atoms with Gasteiger partial charge < -0.3 is 9.84 Å². The predicted molar refractivity (Wildman–Crippen MR) is 95.6 cm³/mol. The van der Waals surface area contributed by atoms with Gasteiger partial charge in [-0.1, -0.05) is 18.2 Å². The first kappa shape index (κ1) is 16.3. The van der Waals surface area contributed by atoms with Crippen molar-refractivity contribution < 1.29 is 9.84 Å². The highest BCUT2D eigenvalue weighted by atomic mass is 127. The molecule has 2 aromatic carbocycles. The topological polar surface area (TPSA) is 29.5 Å². The fraction of sp³-hybridized carbons (Fsp3) is 0.294. The van der Waals surface area contributed by atoms with Gasteiger partial charge in [-0.2, -0.15) is 0 Å². The molecule has 2 aromatic rings. The number of rotatable bonds is 6. The van der Waals surface area contributed by atoms with Gasteiger partial charge in [0.05, 0.1) is 14.1 Å². The number of nitrogens with zero attached hydrogens (tertiary/aromatic N) is 1. The van der Waals surface area contributed by atoms with Gasteiger partial charge in [0.1, 0.15) is 30.7 Å². The molecule has 1 unspecified atom stereocenters.